The van der Waals surface area contributed by atoms with E-state index in [1.807, 2.05) is 28.8 Å². The van der Waals surface area contributed by atoms with Gasteiger partial charge in [-0.15, -0.1) is 21.5 Å². The predicted octanol–water partition coefficient (Wildman–Crippen LogP) is 4.57. The number of rotatable bonds is 7. The van der Waals surface area contributed by atoms with Gasteiger partial charge in [-0.05, 0) is 18.2 Å². The summed E-state index contributed by atoms with van der Waals surface area (Å²) in [7, 11) is 0. The van der Waals surface area contributed by atoms with Crippen LogP contribution in [0.1, 0.15) is 11.3 Å². The first-order chi connectivity index (χ1) is 13.1. The molecule has 0 radical (unpaired) electrons. The van der Waals surface area contributed by atoms with Crippen LogP contribution in [0.4, 0.5) is 0 Å². The summed E-state index contributed by atoms with van der Waals surface area (Å²) < 4.78 is 8.45. The highest BCUT2D eigenvalue weighted by molar-refractivity contribution is 7.98. The number of thiophene rings is 1. The molecule has 4 rings (SSSR count). The third-order valence-corrected chi connectivity index (χ3v) is 6.86. The third-order valence-electron chi connectivity index (χ3n) is 3.97. The van der Waals surface area contributed by atoms with Gasteiger partial charge in [0.05, 0.1) is 11.3 Å². The van der Waals surface area contributed by atoms with Crippen LogP contribution in [0, 0.1) is 0 Å². The van der Waals surface area contributed by atoms with Gasteiger partial charge in [0.2, 0.25) is 5.91 Å². The van der Waals surface area contributed by atoms with Gasteiger partial charge in [-0.1, -0.05) is 41.6 Å². The summed E-state index contributed by atoms with van der Waals surface area (Å²) in [4.78, 5) is 12.3. The van der Waals surface area contributed by atoms with Gasteiger partial charge in [-0.2, -0.15) is 0 Å². The van der Waals surface area contributed by atoms with Crippen molar-refractivity contribution in [2.24, 2.45) is 5.73 Å². The molecule has 0 fully saturated rings. The van der Waals surface area contributed by atoms with Crippen molar-refractivity contribution in [2.45, 2.75) is 23.9 Å². The van der Waals surface area contributed by atoms with E-state index < -0.39 is 0 Å². The number of benzene rings is 1. The summed E-state index contributed by atoms with van der Waals surface area (Å²) in [6.07, 6.45) is 1.77. The first-order valence-corrected chi connectivity index (χ1v) is 10.4. The molecule has 0 saturated heterocycles. The van der Waals surface area contributed by atoms with Crippen molar-refractivity contribution in [3.63, 3.8) is 0 Å². The van der Waals surface area contributed by atoms with E-state index in [0.29, 0.717) is 29.0 Å². The zero-order valence-corrected chi connectivity index (χ0v) is 16.5. The highest BCUT2D eigenvalue weighted by Gasteiger charge is 2.18. The van der Waals surface area contributed by atoms with E-state index in [-0.39, 0.29) is 12.3 Å². The van der Waals surface area contributed by atoms with Gasteiger partial charge in [0.1, 0.15) is 0 Å². The number of furan rings is 1. The highest BCUT2D eigenvalue weighted by Crippen LogP contribution is 2.38. The fraction of sp³-hybridized carbons (Fsp3) is 0.167. The lowest BCUT2D eigenvalue weighted by molar-refractivity contribution is -0.118. The molecule has 27 heavy (non-hydrogen) atoms. The van der Waals surface area contributed by atoms with Gasteiger partial charge in [0.15, 0.2) is 16.7 Å². The highest BCUT2D eigenvalue weighted by atomic mass is 35.5. The molecule has 0 unspecified atom stereocenters. The van der Waals surface area contributed by atoms with E-state index >= 15 is 0 Å². The van der Waals surface area contributed by atoms with E-state index in [4.69, 9.17) is 21.8 Å². The quantitative estimate of drug-likeness (QED) is 0.444. The number of aromatic nitrogens is 3. The zero-order valence-electron chi connectivity index (χ0n) is 14.1. The standard InChI is InChI=1S/C18H15ClN4O2S2/c19-16-11-4-1-2-6-13(11)27-14(16)10-26-18-22-21-17(12-5-3-9-25-12)23(18)8-7-15(20)24/h1-6,9H,7-8,10H2,(H2,20,24). The monoisotopic (exact) mass is 418 g/mol. The second-order valence-corrected chi connectivity index (χ2v) is 8.23. The second kappa shape index (κ2) is 7.75. The minimum atomic E-state index is -0.377. The van der Waals surface area contributed by atoms with Crippen LogP contribution in [0.2, 0.25) is 5.02 Å². The first kappa shape index (κ1) is 18.1. The lowest BCUT2D eigenvalue weighted by atomic mass is 10.2. The Morgan fingerprint density at radius 2 is 2.11 bits per heavy atom. The van der Waals surface area contributed by atoms with Crippen molar-refractivity contribution >= 4 is 50.7 Å². The Hall–Kier alpha value is -2.29. The summed E-state index contributed by atoms with van der Waals surface area (Å²) in [6.45, 7) is 0.390. The minimum Gasteiger partial charge on any atom is -0.461 e. The Kier molecular flexibility index (Phi) is 5.20. The Balaban J connectivity index is 1.61. The van der Waals surface area contributed by atoms with Crippen molar-refractivity contribution in [1.29, 1.82) is 0 Å². The smallest absolute Gasteiger partial charge is 0.219 e. The van der Waals surface area contributed by atoms with Gasteiger partial charge in [0, 0.05) is 33.7 Å². The number of fused-ring (bicyclic) bond motifs is 1. The molecule has 1 amide bonds. The van der Waals surface area contributed by atoms with Gasteiger partial charge in [-0.3, -0.25) is 9.36 Å². The topological polar surface area (TPSA) is 86.9 Å². The molecule has 138 valence electrons. The maximum absolute atomic E-state index is 11.2. The number of hydrogen-bond donors (Lipinski definition) is 1. The maximum Gasteiger partial charge on any atom is 0.219 e. The molecule has 3 heterocycles. The molecule has 0 atom stereocenters. The van der Waals surface area contributed by atoms with Crippen molar-refractivity contribution in [2.75, 3.05) is 0 Å². The maximum atomic E-state index is 11.2. The Morgan fingerprint density at radius 3 is 2.85 bits per heavy atom. The van der Waals surface area contributed by atoms with Crippen LogP contribution in [-0.4, -0.2) is 20.7 Å². The van der Waals surface area contributed by atoms with E-state index in [1.54, 1.807) is 23.7 Å². The molecule has 1 aromatic carbocycles. The number of amides is 1. The number of carbonyl (C=O) groups is 1. The normalized spacial score (nSPS) is 11.3. The molecule has 3 aromatic heterocycles. The lowest BCUT2D eigenvalue weighted by Crippen LogP contribution is -2.15. The average molecular weight is 419 g/mol. The number of carbonyl (C=O) groups excluding carboxylic acids is 1. The largest absolute Gasteiger partial charge is 0.461 e. The second-order valence-electron chi connectivity index (χ2n) is 5.78. The van der Waals surface area contributed by atoms with Crippen LogP contribution in [0.3, 0.4) is 0 Å². The molecule has 2 N–H and O–H groups in total. The van der Waals surface area contributed by atoms with Gasteiger partial charge >= 0.3 is 0 Å². The molecular formula is C18H15ClN4O2S2. The molecule has 0 saturated carbocycles. The summed E-state index contributed by atoms with van der Waals surface area (Å²) in [6, 6.07) is 11.7. The summed E-state index contributed by atoms with van der Waals surface area (Å²) in [5.74, 6) is 1.45. The average Bonchev–Trinajstić information content (AvgIpc) is 3.37. The van der Waals surface area contributed by atoms with Crippen LogP contribution < -0.4 is 5.73 Å². The predicted molar refractivity (Wildman–Crippen MR) is 108 cm³/mol. The number of nitrogens with two attached hydrogens (primary N) is 1. The summed E-state index contributed by atoms with van der Waals surface area (Å²) in [5.41, 5.74) is 5.32. The Bertz CT molecular complexity index is 1090. The lowest BCUT2D eigenvalue weighted by Gasteiger charge is -2.07. The summed E-state index contributed by atoms with van der Waals surface area (Å²) in [5, 5.41) is 11.0. The van der Waals surface area contributed by atoms with Crippen molar-refractivity contribution in [3.05, 3.63) is 52.6 Å². The van der Waals surface area contributed by atoms with Crippen LogP contribution in [0.5, 0.6) is 0 Å². The molecule has 9 heteroatoms. The minimum absolute atomic E-state index is 0.197. The van der Waals surface area contributed by atoms with Gasteiger partial charge < -0.3 is 10.2 Å². The van der Waals surface area contributed by atoms with E-state index in [1.165, 1.54) is 11.8 Å². The fourth-order valence-electron chi connectivity index (χ4n) is 2.69. The van der Waals surface area contributed by atoms with Crippen molar-refractivity contribution in [3.8, 4) is 11.6 Å². The number of nitrogens with zero attached hydrogens (tertiary/aromatic N) is 3. The van der Waals surface area contributed by atoms with Crippen molar-refractivity contribution < 1.29 is 9.21 Å². The van der Waals surface area contributed by atoms with Crippen molar-refractivity contribution in [1.82, 2.24) is 14.8 Å². The third kappa shape index (κ3) is 3.73. The van der Waals surface area contributed by atoms with E-state index in [0.717, 1.165) is 20.0 Å². The number of hydrogen-bond acceptors (Lipinski definition) is 6. The van der Waals surface area contributed by atoms with Gasteiger partial charge in [0.25, 0.3) is 0 Å². The molecule has 4 aromatic rings. The zero-order chi connectivity index (χ0) is 18.8. The molecule has 0 bridgehead atoms. The molecule has 0 aliphatic rings. The number of halogens is 1. The Morgan fingerprint density at radius 1 is 1.26 bits per heavy atom. The summed E-state index contributed by atoms with van der Waals surface area (Å²) >= 11 is 9.72. The van der Waals surface area contributed by atoms with Gasteiger partial charge in [-0.25, -0.2) is 0 Å². The molecular weight excluding hydrogens is 404 g/mol. The molecule has 6 nitrogen and oxygen atoms in total. The van der Waals surface area contributed by atoms with E-state index in [9.17, 15) is 4.79 Å². The number of thioether (sulfide) groups is 1. The Labute approximate surface area is 168 Å². The molecule has 0 aliphatic heterocycles. The van der Waals surface area contributed by atoms with Crippen LogP contribution in [-0.2, 0) is 17.1 Å². The first-order valence-electron chi connectivity index (χ1n) is 8.17. The number of primary amides is 1. The molecule has 0 spiro atoms. The SMILES string of the molecule is NC(=O)CCn1c(SCc2sc3ccccc3c2Cl)nnc1-c1ccco1. The fourth-order valence-corrected chi connectivity index (χ4v) is 5.32. The van der Waals surface area contributed by atoms with Crippen LogP contribution >= 0.6 is 34.7 Å². The van der Waals surface area contributed by atoms with Crippen LogP contribution in [0.15, 0.2) is 52.2 Å². The molecule has 0 aliphatic carbocycles. The van der Waals surface area contributed by atoms with E-state index in [2.05, 4.69) is 16.3 Å². The van der Waals surface area contributed by atoms with Crippen LogP contribution in [0.25, 0.3) is 21.7 Å².